The Hall–Kier alpha value is -2.35. The van der Waals surface area contributed by atoms with Gasteiger partial charge in [0.05, 0.1) is 10.7 Å². The van der Waals surface area contributed by atoms with Gasteiger partial charge in [0.25, 0.3) is 0 Å². The zero-order chi connectivity index (χ0) is 21.8. The predicted octanol–water partition coefficient (Wildman–Crippen LogP) is 6.56. The summed E-state index contributed by atoms with van der Waals surface area (Å²) in [5.41, 5.74) is 4.26. The summed E-state index contributed by atoms with van der Waals surface area (Å²) in [6.45, 7) is 7.37. The van der Waals surface area contributed by atoms with Gasteiger partial charge < -0.3 is 9.30 Å². The lowest BCUT2D eigenvalue weighted by atomic mass is 10.1. The maximum Gasteiger partial charge on any atom is 0.191 e. The third kappa shape index (κ3) is 5.11. The van der Waals surface area contributed by atoms with E-state index in [0.29, 0.717) is 6.61 Å². The average Bonchev–Trinajstić information content (AvgIpc) is 3.39. The number of aromatic nitrogens is 4. The molecule has 8 heteroatoms. The quantitative estimate of drug-likeness (QED) is 0.273. The molecule has 2 aromatic carbocycles. The molecule has 2 aromatic heterocycles. The minimum absolute atomic E-state index is 0.388. The fourth-order valence-corrected chi connectivity index (χ4v) is 5.28. The first-order valence-electron chi connectivity index (χ1n) is 9.99. The number of halogens is 1. The van der Waals surface area contributed by atoms with Gasteiger partial charge in [-0.2, -0.15) is 0 Å². The van der Waals surface area contributed by atoms with Crippen LogP contribution in [0.2, 0.25) is 5.02 Å². The number of thiazole rings is 1. The first kappa shape index (κ1) is 21.9. The van der Waals surface area contributed by atoms with Gasteiger partial charge in [0, 0.05) is 23.2 Å². The van der Waals surface area contributed by atoms with Crippen LogP contribution in [0.3, 0.4) is 0 Å². The van der Waals surface area contributed by atoms with Crippen LogP contribution in [-0.2, 0) is 18.9 Å². The van der Waals surface area contributed by atoms with Crippen molar-refractivity contribution in [3.8, 4) is 16.3 Å². The van der Waals surface area contributed by atoms with E-state index in [1.54, 1.807) is 23.1 Å². The van der Waals surface area contributed by atoms with Crippen molar-refractivity contribution < 1.29 is 4.74 Å². The molecule has 0 aliphatic carbocycles. The van der Waals surface area contributed by atoms with Gasteiger partial charge in [0.1, 0.15) is 17.4 Å². The molecule has 0 spiro atoms. The summed E-state index contributed by atoms with van der Waals surface area (Å²) < 4.78 is 8.12. The summed E-state index contributed by atoms with van der Waals surface area (Å²) in [5, 5.41) is 13.3. The second-order valence-electron chi connectivity index (χ2n) is 7.11. The molecule has 5 nitrogen and oxygen atoms in total. The Morgan fingerprint density at radius 3 is 2.77 bits per heavy atom. The number of aryl methyl sites for hydroxylation is 2. The Kier molecular flexibility index (Phi) is 6.95. The van der Waals surface area contributed by atoms with E-state index < -0.39 is 0 Å². The molecule has 0 atom stereocenters. The Morgan fingerprint density at radius 2 is 1.97 bits per heavy atom. The molecule has 0 amide bonds. The zero-order valence-electron chi connectivity index (χ0n) is 17.6. The van der Waals surface area contributed by atoms with E-state index in [9.17, 15) is 0 Å². The lowest BCUT2D eigenvalue weighted by Crippen LogP contribution is -2.07. The molecule has 4 rings (SSSR count). The highest BCUT2D eigenvalue weighted by Crippen LogP contribution is 2.32. The first-order chi connectivity index (χ1) is 15.0. The molecule has 0 bridgehead atoms. The van der Waals surface area contributed by atoms with Crippen molar-refractivity contribution in [2.45, 2.75) is 44.8 Å². The van der Waals surface area contributed by atoms with Crippen molar-refractivity contribution in [3.05, 3.63) is 75.5 Å². The monoisotopic (exact) mass is 470 g/mol. The molecule has 4 aromatic rings. The summed E-state index contributed by atoms with van der Waals surface area (Å²) in [6, 6.07) is 14.0. The van der Waals surface area contributed by atoms with E-state index in [4.69, 9.17) is 21.3 Å². The highest BCUT2D eigenvalue weighted by molar-refractivity contribution is 7.98. The zero-order valence-corrected chi connectivity index (χ0v) is 20.0. The number of nitrogens with zero attached hydrogens (tertiary/aromatic N) is 4. The van der Waals surface area contributed by atoms with Crippen LogP contribution in [0.1, 0.15) is 29.6 Å². The molecule has 0 N–H and O–H groups in total. The Morgan fingerprint density at radius 1 is 1.13 bits per heavy atom. The van der Waals surface area contributed by atoms with Gasteiger partial charge in [-0.25, -0.2) is 4.98 Å². The molecule has 0 aliphatic rings. The van der Waals surface area contributed by atoms with Crippen LogP contribution in [0.5, 0.6) is 5.75 Å². The minimum atomic E-state index is 0.388. The van der Waals surface area contributed by atoms with Crippen molar-refractivity contribution in [2.24, 2.45) is 0 Å². The van der Waals surface area contributed by atoms with E-state index in [1.807, 2.05) is 31.2 Å². The second-order valence-corrected chi connectivity index (χ2v) is 9.32. The Bertz CT molecular complexity index is 1190. The molecular formula is C23H23ClN4OS2. The third-order valence-corrected chi connectivity index (χ3v) is 7.07. The number of thioether (sulfide) groups is 1. The third-order valence-electron chi connectivity index (χ3n) is 4.82. The smallest absolute Gasteiger partial charge is 0.191 e. The molecular weight excluding hydrogens is 448 g/mol. The highest BCUT2D eigenvalue weighted by atomic mass is 35.5. The normalized spacial score (nSPS) is 11.1. The lowest BCUT2D eigenvalue weighted by molar-refractivity contribution is 0.286. The fraction of sp³-hybridized carbons (Fsp3) is 0.261. The summed E-state index contributed by atoms with van der Waals surface area (Å²) in [4.78, 5) is 4.74. The van der Waals surface area contributed by atoms with E-state index in [0.717, 1.165) is 55.9 Å². The standard InChI is InChI=1S/C23H23ClN4OS2/c1-4-28-21(12-29-20-11-15(2)9-10-16(20)3)26-27-23(28)31-14-17-13-30-22(25-17)18-7-5-6-8-19(18)24/h5-11,13H,4,12,14H2,1-3H3. The minimum Gasteiger partial charge on any atom is -0.485 e. The number of hydrogen-bond donors (Lipinski definition) is 0. The molecule has 0 radical (unpaired) electrons. The molecule has 31 heavy (non-hydrogen) atoms. The van der Waals surface area contributed by atoms with E-state index >= 15 is 0 Å². The van der Waals surface area contributed by atoms with Gasteiger partial charge >= 0.3 is 0 Å². The SMILES string of the molecule is CCn1c(COc2cc(C)ccc2C)nnc1SCc1csc(-c2ccccc2Cl)n1. The van der Waals surface area contributed by atoms with Crippen molar-refractivity contribution in [1.82, 2.24) is 19.7 Å². The molecule has 2 heterocycles. The first-order valence-corrected chi connectivity index (χ1v) is 12.2. The van der Waals surface area contributed by atoms with E-state index in [-0.39, 0.29) is 0 Å². The predicted molar refractivity (Wildman–Crippen MR) is 128 cm³/mol. The number of ether oxygens (including phenoxy) is 1. The Balaban J connectivity index is 1.42. The lowest BCUT2D eigenvalue weighted by Gasteiger charge is -2.11. The van der Waals surface area contributed by atoms with Crippen LogP contribution >= 0.6 is 34.7 Å². The molecule has 0 unspecified atom stereocenters. The maximum atomic E-state index is 6.30. The summed E-state index contributed by atoms with van der Waals surface area (Å²) >= 11 is 9.54. The van der Waals surface area contributed by atoms with Crippen molar-refractivity contribution in [2.75, 3.05) is 0 Å². The van der Waals surface area contributed by atoms with Gasteiger partial charge in [0.15, 0.2) is 11.0 Å². The van der Waals surface area contributed by atoms with Gasteiger partial charge in [-0.3, -0.25) is 0 Å². The maximum absolute atomic E-state index is 6.30. The Labute approximate surface area is 195 Å². The van der Waals surface area contributed by atoms with Crippen LogP contribution in [0.25, 0.3) is 10.6 Å². The van der Waals surface area contributed by atoms with Gasteiger partial charge in [-0.15, -0.1) is 21.5 Å². The second kappa shape index (κ2) is 9.85. The topological polar surface area (TPSA) is 52.8 Å². The summed E-state index contributed by atoms with van der Waals surface area (Å²) in [5.74, 6) is 2.42. The van der Waals surface area contributed by atoms with Crippen LogP contribution in [0, 0.1) is 13.8 Å². The molecule has 0 saturated carbocycles. The van der Waals surface area contributed by atoms with Crippen molar-refractivity contribution >= 4 is 34.7 Å². The van der Waals surface area contributed by atoms with Crippen LogP contribution < -0.4 is 4.74 Å². The molecule has 160 valence electrons. The van der Waals surface area contributed by atoms with Crippen LogP contribution in [-0.4, -0.2) is 19.7 Å². The van der Waals surface area contributed by atoms with Gasteiger partial charge in [-0.1, -0.05) is 53.7 Å². The highest BCUT2D eigenvalue weighted by Gasteiger charge is 2.14. The molecule has 0 aliphatic heterocycles. The largest absolute Gasteiger partial charge is 0.485 e. The van der Waals surface area contributed by atoms with Gasteiger partial charge in [-0.05, 0) is 44.0 Å². The molecule has 0 saturated heterocycles. The van der Waals surface area contributed by atoms with E-state index in [2.05, 4.69) is 52.2 Å². The van der Waals surface area contributed by atoms with Crippen molar-refractivity contribution in [3.63, 3.8) is 0 Å². The number of hydrogen-bond acceptors (Lipinski definition) is 6. The number of benzene rings is 2. The summed E-state index contributed by atoms with van der Waals surface area (Å²) in [6.07, 6.45) is 0. The van der Waals surface area contributed by atoms with Crippen molar-refractivity contribution in [1.29, 1.82) is 0 Å². The van der Waals surface area contributed by atoms with Crippen LogP contribution in [0.4, 0.5) is 0 Å². The fourth-order valence-electron chi connectivity index (χ4n) is 3.13. The summed E-state index contributed by atoms with van der Waals surface area (Å²) in [7, 11) is 0. The van der Waals surface area contributed by atoms with E-state index in [1.165, 1.54) is 5.56 Å². The average molecular weight is 471 g/mol. The number of rotatable bonds is 8. The van der Waals surface area contributed by atoms with Crippen LogP contribution in [0.15, 0.2) is 53.0 Å². The molecule has 0 fully saturated rings. The van der Waals surface area contributed by atoms with Gasteiger partial charge in [0.2, 0.25) is 0 Å².